The molecule has 1 aromatic rings. The highest BCUT2D eigenvalue weighted by Crippen LogP contribution is 2.12. The molecule has 0 aliphatic carbocycles. The van der Waals surface area contributed by atoms with Gasteiger partial charge in [0.05, 0.1) is 18.3 Å². The third-order valence-electron chi connectivity index (χ3n) is 3.18. The number of ether oxygens (including phenoxy) is 1. The van der Waals surface area contributed by atoms with Crippen molar-refractivity contribution < 1.29 is 13.9 Å². The van der Waals surface area contributed by atoms with Gasteiger partial charge in [0.15, 0.2) is 0 Å². The zero-order valence-electron chi connectivity index (χ0n) is 11.3. The van der Waals surface area contributed by atoms with Crippen LogP contribution < -0.4 is 5.32 Å². The minimum Gasteiger partial charge on any atom is -0.374 e. The quantitative estimate of drug-likeness (QED) is 0.893. The van der Waals surface area contributed by atoms with E-state index in [-0.39, 0.29) is 17.6 Å². The van der Waals surface area contributed by atoms with E-state index in [2.05, 4.69) is 5.32 Å². The summed E-state index contributed by atoms with van der Waals surface area (Å²) < 4.78 is 19.3. The van der Waals surface area contributed by atoms with Crippen molar-refractivity contribution >= 4 is 5.91 Å². The first-order valence-corrected chi connectivity index (χ1v) is 6.42. The van der Waals surface area contributed by atoms with Crippen molar-refractivity contribution in [3.8, 4) is 0 Å². The van der Waals surface area contributed by atoms with Crippen molar-refractivity contribution in [3.63, 3.8) is 0 Å². The molecule has 0 aromatic heterocycles. The Balaban J connectivity index is 2.01. The number of aryl methyl sites for hydroxylation is 1. The maximum atomic E-state index is 13.7. The molecule has 1 saturated heterocycles. The summed E-state index contributed by atoms with van der Waals surface area (Å²) in [6.07, 6.45) is -0.0313. The number of nitrogens with zero attached hydrogens (tertiary/aromatic N) is 1. The molecule has 0 saturated carbocycles. The fraction of sp³-hybridized carbons (Fsp3) is 0.500. The molecule has 1 unspecified atom stereocenters. The molecule has 19 heavy (non-hydrogen) atoms. The predicted molar refractivity (Wildman–Crippen MR) is 70.7 cm³/mol. The molecule has 2 rings (SSSR count). The second-order valence-electron chi connectivity index (χ2n) is 4.87. The van der Waals surface area contributed by atoms with Crippen molar-refractivity contribution in [2.24, 2.45) is 0 Å². The molecule has 1 amide bonds. The molecule has 4 nitrogen and oxygen atoms in total. The van der Waals surface area contributed by atoms with Gasteiger partial charge in [-0.25, -0.2) is 4.39 Å². The molecular weight excluding hydrogens is 247 g/mol. The predicted octanol–water partition coefficient (Wildman–Crippen LogP) is 1.19. The molecule has 1 fully saturated rings. The topological polar surface area (TPSA) is 41.6 Å². The van der Waals surface area contributed by atoms with Gasteiger partial charge in [-0.1, -0.05) is 6.07 Å². The molecule has 1 heterocycles. The molecule has 1 aliphatic heterocycles. The van der Waals surface area contributed by atoms with Crippen molar-refractivity contribution in [1.82, 2.24) is 10.2 Å². The zero-order chi connectivity index (χ0) is 13.8. The van der Waals surface area contributed by atoms with Crippen LogP contribution in [0.15, 0.2) is 18.2 Å². The average molecular weight is 266 g/mol. The largest absolute Gasteiger partial charge is 0.374 e. The summed E-state index contributed by atoms with van der Waals surface area (Å²) >= 11 is 0. The summed E-state index contributed by atoms with van der Waals surface area (Å²) in [5.41, 5.74) is 0.911. The van der Waals surface area contributed by atoms with E-state index in [1.807, 2.05) is 0 Å². The molecule has 0 bridgehead atoms. The molecule has 1 aromatic carbocycles. The SMILES string of the molecule is Cc1ccc(C(=O)N(C)CC2CNCCO2)c(F)c1. The Morgan fingerprint density at radius 2 is 2.37 bits per heavy atom. The maximum Gasteiger partial charge on any atom is 0.256 e. The van der Waals surface area contributed by atoms with E-state index in [0.29, 0.717) is 19.7 Å². The number of carbonyl (C=O) groups is 1. The van der Waals surface area contributed by atoms with Gasteiger partial charge in [0, 0.05) is 26.7 Å². The van der Waals surface area contributed by atoms with E-state index < -0.39 is 5.82 Å². The van der Waals surface area contributed by atoms with Crippen molar-refractivity contribution in [3.05, 3.63) is 35.1 Å². The smallest absolute Gasteiger partial charge is 0.256 e. The number of hydrogen-bond acceptors (Lipinski definition) is 3. The monoisotopic (exact) mass is 266 g/mol. The van der Waals surface area contributed by atoms with Crippen LogP contribution in [0.2, 0.25) is 0 Å². The fourth-order valence-corrected chi connectivity index (χ4v) is 2.12. The van der Waals surface area contributed by atoms with Crippen molar-refractivity contribution in [2.45, 2.75) is 13.0 Å². The van der Waals surface area contributed by atoms with E-state index in [4.69, 9.17) is 4.74 Å². The highest BCUT2D eigenvalue weighted by Gasteiger charge is 2.21. The Kier molecular flexibility index (Phi) is 4.50. The maximum absolute atomic E-state index is 13.7. The second-order valence-corrected chi connectivity index (χ2v) is 4.87. The number of halogens is 1. The molecule has 0 radical (unpaired) electrons. The third kappa shape index (κ3) is 3.52. The third-order valence-corrected chi connectivity index (χ3v) is 3.18. The van der Waals surface area contributed by atoms with Crippen LogP contribution in [0.1, 0.15) is 15.9 Å². The van der Waals surface area contributed by atoms with Gasteiger partial charge in [-0.15, -0.1) is 0 Å². The molecule has 1 aliphatic rings. The molecule has 1 atom stereocenters. The lowest BCUT2D eigenvalue weighted by atomic mass is 10.1. The lowest BCUT2D eigenvalue weighted by Crippen LogP contribution is -2.45. The van der Waals surface area contributed by atoms with Crippen molar-refractivity contribution in [2.75, 3.05) is 33.3 Å². The molecule has 1 N–H and O–H groups in total. The summed E-state index contributed by atoms with van der Waals surface area (Å²) in [7, 11) is 1.67. The summed E-state index contributed by atoms with van der Waals surface area (Å²) in [6, 6.07) is 4.64. The number of morpholine rings is 1. The van der Waals surface area contributed by atoms with Crippen LogP contribution in [0.5, 0.6) is 0 Å². The lowest BCUT2D eigenvalue weighted by Gasteiger charge is -2.28. The van der Waals surface area contributed by atoms with Gasteiger partial charge in [0.2, 0.25) is 0 Å². The minimum atomic E-state index is -0.473. The van der Waals surface area contributed by atoms with Gasteiger partial charge in [-0.2, -0.15) is 0 Å². The van der Waals surface area contributed by atoms with Gasteiger partial charge in [-0.3, -0.25) is 4.79 Å². The highest BCUT2D eigenvalue weighted by atomic mass is 19.1. The van der Waals surface area contributed by atoms with Crippen LogP contribution in [-0.2, 0) is 4.74 Å². The number of amides is 1. The molecular formula is C14H19FN2O2. The first kappa shape index (κ1) is 14.0. The summed E-state index contributed by atoms with van der Waals surface area (Å²) in [5, 5.41) is 3.20. The highest BCUT2D eigenvalue weighted by molar-refractivity contribution is 5.94. The normalized spacial score (nSPS) is 19.2. The van der Waals surface area contributed by atoms with E-state index in [1.165, 1.54) is 17.0 Å². The van der Waals surface area contributed by atoms with Gasteiger partial charge in [0.1, 0.15) is 5.82 Å². The first-order chi connectivity index (χ1) is 9.08. The van der Waals surface area contributed by atoms with Gasteiger partial charge >= 0.3 is 0 Å². The Bertz CT molecular complexity index is 459. The van der Waals surface area contributed by atoms with Gasteiger partial charge in [-0.05, 0) is 24.6 Å². The fourth-order valence-electron chi connectivity index (χ4n) is 2.12. The van der Waals surface area contributed by atoms with Gasteiger partial charge in [0.25, 0.3) is 5.91 Å². The lowest BCUT2D eigenvalue weighted by molar-refractivity contribution is 0.0103. The Hall–Kier alpha value is -1.46. The number of rotatable bonds is 3. The molecule has 5 heteroatoms. The van der Waals surface area contributed by atoms with Crippen LogP contribution in [0.25, 0.3) is 0 Å². The number of nitrogens with one attached hydrogen (secondary N) is 1. The second kappa shape index (κ2) is 6.12. The summed E-state index contributed by atoms with van der Waals surface area (Å²) in [4.78, 5) is 13.7. The number of benzene rings is 1. The van der Waals surface area contributed by atoms with Crippen molar-refractivity contribution in [1.29, 1.82) is 0 Å². The van der Waals surface area contributed by atoms with Gasteiger partial charge < -0.3 is 15.0 Å². The Labute approximate surface area is 112 Å². The van der Waals surface area contributed by atoms with Crippen LogP contribution in [0.3, 0.4) is 0 Å². The van der Waals surface area contributed by atoms with E-state index >= 15 is 0 Å². The number of likely N-dealkylation sites (N-methyl/N-ethyl adjacent to an activating group) is 1. The van der Waals surface area contributed by atoms with E-state index in [1.54, 1.807) is 20.0 Å². The van der Waals surface area contributed by atoms with Crippen LogP contribution in [0, 0.1) is 12.7 Å². The molecule has 0 spiro atoms. The summed E-state index contributed by atoms with van der Waals surface area (Å²) in [6.45, 7) is 4.45. The Morgan fingerprint density at radius 3 is 3.00 bits per heavy atom. The molecule has 104 valence electrons. The van der Waals surface area contributed by atoms with Crippen LogP contribution in [-0.4, -0.2) is 50.2 Å². The van der Waals surface area contributed by atoms with E-state index in [0.717, 1.165) is 12.1 Å². The Morgan fingerprint density at radius 1 is 1.58 bits per heavy atom. The van der Waals surface area contributed by atoms with Crippen LogP contribution >= 0.6 is 0 Å². The summed E-state index contributed by atoms with van der Waals surface area (Å²) in [5.74, 6) is -0.786. The minimum absolute atomic E-state index is 0.0313. The average Bonchev–Trinajstić information content (AvgIpc) is 2.39. The number of hydrogen-bond donors (Lipinski definition) is 1. The standard InChI is InChI=1S/C14H19FN2O2/c1-10-3-4-12(13(15)7-10)14(18)17(2)9-11-8-16-5-6-19-11/h3-4,7,11,16H,5-6,8-9H2,1-2H3. The number of carbonyl (C=O) groups excluding carboxylic acids is 1. The van der Waals surface area contributed by atoms with E-state index in [9.17, 15) is 9.18 Å². The van der Waals surface area contributed by atoms with Crippen LogP contribution in [0.4, 0.5) is 4.39 Å². The first-order valence-electron chi connectivity index (χ1n) is 6.42. The zero-order valence-corrected chi connectivity index (χ0v) is 11.3.